The Balaban J connectivity index is 1.39. The molecule has 0 spiro atoms. The number of anilines is 4. The zero-order valence-electron chi connectivity index (χ0n) is 19.2. The lowest BCUT2D eigenvalue weighted by Crippen LogP contribution is -2.37. The summed E-state index contributed by atoms with van der Waals surface area (Å²) in [6.07, 6.45) is 0. The fourth-order valence-corrected chi connectivity index (χ4v) is 4.48. The molecule has 12 heteroatoms. The van der Waals surface area contributed by atoms with Crippen LogP contribution in [-0.2, 0) is 10.5 Å². The molecule has 3 N–H and O–H groups in total. The average molecular weight is 492 g/mol. The number of aromatic nitrogens is 6. The van der Waals surface area contributed by atoms with Crippen LogP contribution in [0, 0.1) is 0 Å². The third-order valence-electron chi connectivity index (χ3n) is 5.31. The largest absolute Gasteiger partial charge is 0.495 e. The van der Waals surface area contributed by atoms with Gasteiger partial charge >= 0.3 is 0 Å². The van der Waals surface area contributed by atoms with Gasteiger partial charge in [0.2, 0.25) is 17.8 Å². The van der Waals surface area contributed by atoms with E-state index in [1.54, 1.807) is 7.11 Å². The predicted octanol–water partition coefficient (Wildman–Crippen LogP) is 2.92. The van der Waals surface area contributed by atoms with Crippen molar-refractivity contribution >= 4 is 35.3 Å². The summed E-state index contributed by atoms with van der Waals surface area (Å²) >= 11 is 1.48. The standard InChI is InChI=1S/C23H25N9O2S/c1-33-18-10-6-5-9-17(18)25-21-27-19(26-20(24)28-21)15-35-23-30-29-22(31-11-13-34-14-12-31)32(23)16-7-3-2-4-8-16/h2-10H,11-15H2,1H3,(H3,24,25,26,27,28). The molecule has 1 fully saturated rings. The molecule has 0 atom stereocenters. The molecule has 1 aliphatic heterocycles. The highest BCUT2D eigenvalue weighted by Gasteiger charge is 2.22. The average Bonchev–Trinajstić information content (AvgIpc) is 3.32. The fraction of sp³-hybridized carbons (Fsp3) is 0.261. The highest BCUT2D eigenvalue weighted by atomic mass is 32.2. The minimum Gasteiger partial charge on any atom is -0.495 e. The number of benzene rings is 2. The minimum absolute atomic E-state index is 0.131. The normalized spacial score (nSPS) is 13.6. The van der Waals surface area contributed by atoms with Gasteiger partial charge in [0, 0.05) is 13.1 Å². The van der Waals surface area contributed by atoms with E-state index in [2.05, 4.69) is 39.9 Å². The monoisotopic (exact) mass is 491 g/mol. The Morgan fingerprint density at radius 2 is 1.77 bits per heavy atom. The van der Waals surface area contributed by atoms with Crippen molar-refractivity contribution in [1.82, 2.24) is 29.7 Å². The van der Waals surface area contributed by atoms with Crippen LogP contribution in [0.2, 0.25) is 0 Å². The first-order valence-corrected chi connectivity index (χ1v) is 12.1. The molecule has 1 aliphatic rings. The summed E-state index contributed by atoms with van der Waals surface area (Å²) in [5.74, 6) is 2.89. The maximum Gasteiger partial charge on any atom is 0.232 e. The Kier molecular flexibility index (Phi) is 6.91. The molecular weight excluding hydrogens is 466 g/mol. The Morgan fingerprint density at radius 1 is 1.00 bits per heavy atom. The third kappa shape index (κ3) is 5.28. The quantitative estimate of drug-likeness (QED) is 0.353. The second kappa shape index (κ2) is 10.6. The Labute approximate surface area is 206 Å². The van der Waals surface area contributed by atoms with Gasteiger partial charge in [0.05, 0.1) is 37.5 Å². The van der Waals surface area contributed by atoms with Crippen LogP contribution in [0.5, 0.6) is 5.75 Å². The van der Waals surface area contributed by atoms with Gasteiger partial charge in [0.1, 0.15) is 11.6 Å². The molecule has 0 saturated carbocycles. The zero-order chi connectivity index (χ0) is 24.0. The van der Waals surface area contributed by atoms with E-state index in [0.29, 0.717) is 36.5 Å². The number of hydrogen-bond acceptors (Lipinski definition) is 11. The second-order valence-electron chi connectivity index (χ2n) is 7.60. The van der Waals surface area contributed by atoms with Crippen LogP contribution in [0.25, 0.3) is 5.69 Å². The van der Waals surface area contributed by atoms with E-state index in [4.69, 9.17) is 15.2 Å². The highest BCUT2D eigenvalue weighted by Crippen LogP contribution is 2.30. The van der Waals surface area contributed by atoms with Gasteiger partial charge in [-0.15, -0.1) is 10.2 Å². The van der Waals surface area contributed by atoms with Gasteiger partial charge in [0.25, 0.3) is 0 Å². The van der Waals surface area contributed by atoms with E-state index in [1.807, 2.05) is 54.6 Å². The molecular formula is C23H25N9O2S. The molecule has 0 unspecified atom stereocenters. The van der Waals surface area contributed by atoms with Crippen molar-refractivity contribution < 1.29 is 9.47 Å². The van der Waals surface area contributed by atoms with Gasteiger partial charge < -0.3 is 25.4 Å². The highest BCUT2D eigenvalue weighted by molar-refractivity contribution is 7.98. The van der Waals surface area contributed by atoms with Gasteiger partial charge in [-0.1, -0.05) is 42.1 Å². The fourth-order valence-electron chi connectivity index (χ4n) is 3.68. The Hall–Kier alpha value is -3.90. The molecule has 11 nitrogen and oxygen atoms in total. The maximum absolute atomic E-state index is 5.98. The number of hydrogen-bond donors (Lipinski definition) is 2. The van der Waals surface area contributed by atoms with Crippen LogP contribution < -0.4 is 20.7 Å². The molecule has 180 valence electrons. The first-order valence-electron chi connectivity index (χ1n) is 11.1. The van der Waals surface area contributed by atoms with E-state index in [-0.39, 0.29) is 5.95 Å². The lowest BCUT2D eigenvalue weighted by atomic mass is 10.3. The van der Waals surface area contributed by atoms with Crippen LogP contribution >= 0.6 is 11.8 Å². The van der Waals surface area contributed by atoms with E-state index in [9.17, 15) is 0 Å². The van der Waals surface area contributed by atoms with Crippen LogP contribution in [0.15, 0.2) is 59.8 Å². The van der Waals surface area contributed by atoms with Gasteiger partial charge in [-0.3, -0.25) is 4.57 Å². The lowest BCUT2D eigenvalue weighted by molar-refractivity contribution is 0.122. The van der Waals surface area contributed by atoms with Crippen molar-refractivity contribution in [3.05, 3.63) is 60.4 Å². The smallest absolute Gasteiger partial charge is 0.232 e. The molecule has 2 aromatic carbocycles. The summed E-state index contributed by atoms with van der Waals surface area (Å²) in [5.41, 5.74) is 7.70. The molecule has 0 bridgehead atoms. The van der Waals surface area contributed by atoms with Crippen molar-refractivity contribution in [3.63, 3.8) is 0 Å². The molecule has 0 aliphatic carbocycles. The SMILES string of the molecule is COc1ccccc1Nc1nc(N)nc(CSc2nnc(N3CCOCC3)n2-c2ccccc2)n1. The third-order valence-corrected chi connectivity index (χ3v) is 6.23. The van der Waals surface area contributed by atoms with Crippen molar-refractivity contribution in [2.45, 2.75) is 10.9 Å². The summed E-state index contributed by atoms with van der Waals surface area (Å²) in [5, 5.41) is 12.9. The number of rotatable bonds is 8. The Morgan fingerprint density at radius 3 is 2.57 bits per heavy atom. The Bertz CT molecular complexity index is 1280. The van der Waals surface area contributed by atoms with Crippen molar-refractivity contribution in [2.24, 2.45) is 0 Å². The van der Waals surface area contributed by atoms with E-state index in [1.165, 1.54) is 11.8 Å². The number of nitrogens with two attached hydrogens (primary N) is 1. The van der Waals surface area contributed by atoms with Crippen LogP contribution in [0.1, 0.15) is 5.82 Å². The molecule has 0 amide bonds. The predicted molar refractivity (Wildman–Crippen MR) is 134 cm³/mol. The number of nitrogens with one attached hydrogen (secondary N) is 1. The first-order chi connectivity index (χ1) is 17.2. The lowest BCUT2D eigenvalue weighted by Gasteiger charge is -2.27. The number of nitrogen functional groups attached to an aromatic ring is 1. The summed E-state index contributed by atoms with van der Waals surface area (Å²) in [4.78, 5) is 15.3. The van der Waals surface area contributed by atoms with Gasteiger partial charge in [-0.2, -0.15) is 15.0 Å². The number of ether oxygens (including phenoxy) is 2. The molecule has 3 heterocycles. The minimum atomic E-state index is 0.131. The van der Waals surface area contributed by atoms with Crippen molar-refractivity contribution in [1.29, 1.82) is 0 Å². The number of thioether (sulfide) groups is 1. The van der Waals surface area contributed by atoms with E-state index >= 15 is 0 Å². The summed E-state index contributed by atoms with van der Waals surface area (Å²) in [7, 11) is 1.61. The van der Waals surface area contributed by atoms with E-state index in [0.717, 1.165) is 35.6 Å². The molecule has 2 aromatic heterocycles. The topological polar surface area (TPSA) is 129 Å². The maximum atomic E-state index is 5.98. The van der Waals surface area contributed by atoms with Gasteiger partial charge in [-0.05, 0) is 24.3 Å². The number of morpholine rings is 1. The molecule has 5 rings (SSSR count). The van der Waals surface area contributed by atoms with Gasteiger partial charge in [-0.25, -0.2) is 0 Å². The van der Waals surface area contributed by atoms with Gasteiger partial charge in [0.15, 0.2) is 5.16 Å². The van der Waals surface area contributed by atoms with Crippen molar-refractivity contribution in [3.8, 4) is 11.4 Å². The summed E-state index contributed by atoms with van der Waals surface area (Å²) < 4.78 is 12.9. The summed E-state index contributed by atoms with van der Waals surface area (Å²) in [6.45, 7) is 2.85. The molecule has 1 saturated heterocycles. The van der Waals surface area contributed by atoms with Crippen LogP contribution in [-0.4, -0.2) is 63.1 Å². The number of para-hydroxylation sites is 3. The first kappa shape index (κ1) is 22.9. The zero-order valence-corrected chi connectivity index (χ0v) is 20.0. The molecule has 4 aromatic rings. The van der Waals surface area contributed by atoms with Crippen LogP contribution in [0.4, 0.5) is 23.5 Å². The van der Waals surface area contributed by atoms with Crippen LogP contribution in [0.3, 0.4) is 0 Å². The number of nitrogens with zero attached hydrogens (tertiary/aromatic N) is 7. The second-order valence-corrected chi connectivity index (χ2v) is 8.54. The number of methoxy groups -OCH3 is 1. The van der Waals surface area contributed by atoms with E-state index < -0.39 is 0 Å². The summed E-state index contributed by atoms with van der Waals surface area (Å²) in [6, 6.07) is 17.6. The molecule has 35 heavy (non-hydrogen) atoms. The van der Waals surface area contributed by atoms with Crippen molar-refractivity contribution in [2.75, 3.05) is 49.4 Å². The molecule has 0 radical (unpaired) electrons.